The molecule has 24 heavy (non-hydrogen) atoms. The summed E-state index contributed by atoms with van der Waals surface area (Å²) in [5.74, 6) is 3.17. The van der Waals surface area contributed by atoms with E-state index in [1.165, 1.54) is 19.4 Å². The Morgan fingerprint density at radius 2 is 2.04 bits per heavy atom. The molecular formula is C20H26ClNO2. The van der Waals surface area contributed by atoms with Crippen LogP contribution < -0.4 is 4.74 Å². The summed E-state index contributed by atoms with van der Waals surface area (Å²) in [7, 11) is 1.65. The monoisotopic (exact) mass is 347 g/mol. The van der Waals surface area contributed by atoms with E-state index in [-0.39, 0.29) is 0 Å². The number of likely N-dealkylation sites (tertiary alicyclic amines) is 1. The highest BCUT2D eigenvalue weighted by Crippen LogP contribution is 2.45. The second-order valence-corrected chi connectivity index (χ2v) is 8.15. The van der Waals surface area contributed by atoms with Crippen molar-refractivity contribution in [3.05, 3.63) is 40.9 Å². The van der Waals surface area contributed by atoms with Gasteiger partial charge in [0.1, 0.15) is 5.75 Å². The molecule has 2 fully saturated rings. The Morgan fingerprint density at radius 3 is 2.67 bits per heavy atom. The van der Waals surface area contributed by atoms with E-state index < -0.39 is 5.60 Å². The van der Waals surface area contributed by atoms with Crippen LogP contribution >= 0.6 is 11.6 Å². The third-order valence-electron chi connectivity index (χ3n) is 6.26. The van der Waals surface area contributed by atoms with Gasteiger partial charge < -0.3 is 14.7 Å². The van der Waals surface area contributed by atoms with Crippen molar-refractivity contribution in [1.82, 2.24) is 4.90 Å². The molecule has 0 unspecified atom stereocenters. The number of methoxy groups -OCH3 is 1. The lowest BCUT2D eigenvalue weighted by atomic mass is 9.83. The van der Waals surface area contributed by atoms with Gasteiger partial charge in [0.15, 0.2) is 0 Å². The van der Waals surface area contributed by atoms with Crippen LogP contribution in [0.3, 0.4) is 0 Å². The number of halogens is 1. The first-order valence-corrected chi connectivity index (χ1v) is 9.42. The molecule has 0 spiro atoms. The fraction of sp³-hybridized carbons (Fsp3) is 0.600. The van der Waals surface area contributed by atoms with E-state index in [1.807, 2.05) is 18.2 Å². The van der Waals surface area contributed by atoms with Crippen molar-refractivity contribution in [2.24, 2.45) is 17.8 Å². The Morgan fingerprint density at radius 1 is 1.25 bits per heavy atom. The lowest BCUT2D eigenvalue weighted by molar-refractivity contribution is -0.0309. The van der Waals surface area contributed by atoms with Gasteiger partial charge >= 0.3 is 0 Å². The summed E-state index contributed by atoms with van der Waals surface area (Å²) >= 11 is 6.15. The number of hydrogen-bond acceptors (Lipinski definition) is 3. The number of ether oxygens (including phenoxy) is 1. The first-order chi connectivity index (χ1) is 11.6. The smallest absolute Gasteiger partial charge is 0.125 e. The molecule has 1 aromatic carbocycles. The van der Waals surface area contributed by atoms with E-state index >= 15 is 0 Å². The number of hydrogen-bond donors (Lipinski definition) is 1. The molecule has 1 aliphatic heterocycles. The quantitative estimate of drug-likeness (QED) is 0.840. The number of benzene rings is 1. The van der Waals surface area contributed by atoms with E-state index in [0.29, 0.717) is 5.02 Å². The summed E-state index contributed by atoms with van der Waals surface area (Å²) in [4.78, 5) is 2.53. The Labute approximate surface area is 149 Å². The molecule has 3 aliphatic rings. The van der Waals surface area contributed by atoms with Gasteiger partial charge in [0.25, 0.3) is 0 Å². The minimum Gasteiger partial charge on any atom is -0.496 e. The second kappa shape index (κ2) is 6.36. The molecule has 2 bridgehead atoms. The highest BCUT2D eigenvalue weighted by atomic mass is 35.5. The van der Waals surface area contributed by atoms with Gasteiger partial charge in [0, 0.05) is 30.2 Å². The second-order valence-electron chi connectivity index (χ2n) is 7.72. The Hall–Kier alpha value is -1.03. The predicted octanol–water partition coefficient (Wildman–Crippen LogP) is 3.84. The summed E-state index contributed by atoms with van der Waals surface area (Å²) in [5.41, 5.74) is 0.00132. The van der Waals surface area contributed by atoms with Crippen LogP contribution in [0.15, 0.2) is 30.4 Å². The summed E-state index contributed by atoms with van der Waals surface area (Å²) < 4.78 is 5.45. The average molecular weight is 348 g/mol. The summed E-state index contributed by atoms with van der Waals surface area (Å²) in [5, 5.41) is 11.8. The highest BCUT2D eigenvalue weighted by molar-refractivity contribution is 6.30. The van der Waals surface area contributed by atoms with Gasteiger partial charge in [-0.2, -0.15) is 0 Å². The number of piperidine rings is 1. The molecule has 1 heterocycles. The fourth-order valence-electron chi connectivity index (χ4n) is 4.85. The van der Waals surface area contributed by atoms with Crippen LogP contribution in [0.1, 0.15) is 31.2 Å². The van der Waals surface area contributed by atoms with Crippen molar-refractivity contribution in [2.45, 2.75) is 31.3 Å². The summed E-state index contributed by atoms with van der Waals surface area (Å²) in [6.45, 7) is 3.04. The zero-order valence-electron chi connectivity index (χ0n) is 14.2. The largest absolute Gasteiger partial charge is 0.496 e. The lowest BCUT2D eigenvalue weighted by Crippen LogP contribution is -2.44. The fourth-order valence-corrected chi connectivity index (χ4v) is 5.03. The maximum Gasteiger partial charge on any atom is 0.125 e. The first-order valence-electron chi connectivity index (χ1n) is 9.04. The molecule has 1 saturated carbocycles. The molecular weight excluding hydrogens is 322 g/mol. The van der Waals surface area contributed by atoms with Crippen molar-refractivity contribution in [3.8, 4) is 5.75 Å². The lowest BCUT2D eigenvalue weighted by Gasteiger charge is -2.40. The van der Waals surface area contributed by atoms with Gasteiger partial charge in [-0.25, -0.2) is 0 Å². The Bertz CT molecular complexity index is 637. The van der Waals surface area contributed by atoms with Crippen LogP contribution in [0.2, 0.25) is 5.02 Å². The van der Waals surface area contributed by atoms with Gasteiger partial charge in [0.05, 0.1) is 12.7 Å². The minimum absolute atomic E-state index is 0.649. The van der Waals surface area contributed by atoms with Crippen molar-refractivity contribution in [1.29, 1.82) is 0 Å². The van der Waals surface area contributed by atoms with Crippen LogP contribution in [0.5, 0.6) is 5.75 Å². The van der Waals surface area contributed by atoms with Crippen LogP contribution in [-0.2, 0) is 5.60 Å². The minimum atomic E-state index is -0.832. The molecule has 130 valence electrons. The molecule has 3 atom stereocenters. The van der Waals surface area contributed by atoms with Crippen LogP contribution in [0, 0.1) is 17.8 Å². The average Bonchev–Trinajstić information content (AvgIpc) is 3.20. The normalized spacial score (nSPS) is 31.5. The van der Waals surface area contributed by atoms with Gasteiger partial charge in [-0.15, -0.1) is 0 Å². The third-order valence-corrected chi connectivity index (χ3v) is 6.49. The van der Waals surface area contributed by atoms with Crippen molar-refractivity contribution in [3.63, 3.8) is 0 Å². The van der Waals surface area contributed by atoms with Crippen molar-refractivity contribution >= 4 is 11.6 Å². The van der Waals surface area contributed by atoms with E-state index in [4.69, 9.17) is 16.3 Å². The SMILES string of the molecule is COc1ccc(Cl)cc1C1(O)CCN(C[C@@H]2C[C@H]3C=C[C@H]2C3)CC1. The molecule has 1 N–H and O–H groups in total. The standard InChI is InChI=1S/C20H26ClNO2/c1-24-19-5-4-17(21)12-18(19)20(23)6-8-22(9-7-20)13-16-11-14-2-3-15(16)10-14/h2-5,12,14-16,23H,6-11,13H2,1H3/t14-,15-,16-/m0/s1. The molecule has 4 heteroatoms. The van der Waals surface area contributed by atoms with Gasteiger partial charge in [-0.1, -0.05) is 23.8 Å². The van der Waals surface area contributed by atoms with E-state index in [9.17, 15) is 5.11 Å². The maximum absolute atomic E-state index is 11.2. The topological polar surface area (TPSA) is 32.7 Å². The first kappa shape index (κ1) is 16.4. The molecule has 0 amide bonds. The predicted molar refractivity (Wildman–Crippen MR) is 96.4 cm³/mol. The summed E-state index contributed by atoms with van der Waals surface area (Å²) in [6, 6.07) is 5.52. The zero-order chi connectivity index (χ0) is 16.7. The summed E-state index contributed by atoms with van der Waals surface area (Å²) in [6.07, 6.45) is 9.02. The van der Waals surface area contributed by atoms with E-state index in [0.717, 1.165) is 55.0 Å². The maximum atomic E-state index is 11.2. The number of allylic oxidation sites excluding steroid dienone is 2. The zero-order valence-corrected chi connectivity index (χ0v) is 15.0. The molecule has 0 radical (unpaired) electrons. The Balaban J connectivity index is 1.42. The van der Waals surface area contributed by atoms with Crippen LogP contribution in [0.25, 0.3) is 0 Å². The van der Waals surface area contributed by atoms with E-state index in [2.05, 4.69) is 17.1 Å². The van der Waals surface area contributed by atoms with Crippen molar-refractivity contribution < 1.29 is 9.84 Å². The van der Waals surface area contributed by atoms with E-state index in [1.54, 1.807) is 7.11 Å². The number of rotatable bonds is 4. The van der Waals surface area contributed by atoms with Gasteiger partial charge in [0.2, 0.25) is 0 Å². The van der Waals surface area contributed by atoms with Crippen LogP contribution in [-0.4, -0.2) is 36.8 Å². The van der Waals surface area contributed by atoms with Gasteiger partial charge in [-0.3, -0.25) is 0 Å². The number of aliphatic hydroxyl groups is 1. The Kier molecular flexibility index (Phi) is 4.36. The molecule has 2 aliphatic carbocycles. The third kappa shape index (κ3) is 2.98. The van der Waals surface area contributed by atoms with Gasteiger partial charge in [-0.05, 0) is 61.6 Å². The molecule has 1 aromatic rings. The number of fused-ring (bicyclic) bond motifs is 2. The molecule has 1 saturated heterocycles. The van der Waals surface area contributed by atoms with Crippen LogP contribution in [0.4, 0.5) is 0 Å². The molecule has 4 rings (SSSR count). The number of nitrogens with zero attached hydrogens (tertiary/aromatic N) is 1. The van der Waals surface area contributed by atoms with Crippen molar-refractivity contribution in [2.75, 3.05) is 26.7 Å². The molecule has 0 aromatic heterocycles. The molecule has 3 nitrogen and oxygen atoms in total. The highest BCUT2D eigenvalue weighted by Gasteiger charge is 2.40.